The number of rotatable bonds is 3. The Morgan fingerprint density at radius 3 is 2.48 bits per heavy atom. The van der Waals surface area contributed by atoms with E-state index >= 15 is 0 Å². The highest BCUT2D eigenvalue weighted by molar-refractivity contribution is 5.94. The van der Waals surface area contributed by atoms with Crippen molar-refractivity contribution in [2.75, 3.05) is 20.7 Å². The molecular weight excluding hydrogens is 337 g/mol. The minimum absolute atomic E-state index is 0.117. The second-order valence-electron chi connectivity index (χ2n) is 5.70. The van der Waals surface area contributed by atoms with Crippen molar-refractivity contribution in [3.05, 3.63) is 46.7 Å². The number of amides is 2. The van der Waals surface area contributed by atoms with Crippen molar-refractivity contribution in [1.82, 2.24) is 9.80 Å². The number of hydrogen-bond donors (Lipinski definition) is 0. The standard InChI is InChI=1S/C17H19F3N2O3/c1-5-25-15(23)13-10(2)21(3)16(24)22(4)14(13)11-7-6-8-12(9-11)17(18,19)20/h6-9,14H,5H2,1-4H3/t14-/m1/s1. The number of benzene rings is 1. The maximum atomic E-state index is 13.0. The van der Waals surface area contributed by atoms with E-state index in [1.165, 1.54) is 36.0 Å². The first-order valence-corrected chi connectivity index (χ1v) is 7.65. The fourth-order valence-corrected chi connectivity index (χ4v) is 2.81. The number of halogens is 3. The third kappa shape index (κ3) is 3.47. The fourth-order valence-electron chi connectivity index (χ4n) is 2.81. The Morgan fingerprint density at radius 2 is 1.92 bits per heavy atom. The Morgan fingerprint density at radius 1 is 1.28 bits per heavy atom. The molecule has 2 amide bonds. The second kappa shape index (κ2) is 6.78. The molecule has 0 spiro atoms. The monoisotopic (exact) mass is 356 g/mol. The number of alkyl halides is 3. The minimum Gasteiger partial charge on any atom is -0.463 e. The first kappa shape index (κ1) is 18.8. The van der Waals surface area contributed by atoms with Gasteiger partial charge in [0.1, 0.15) is 0 Å². The van der Waals surface area contributed by atoms with Gasteiger partial charge in [-0.05, 0) is 31.5 Å². The van der Waals surface area contributed by atoms with E-state index in [9.17, 15) is 22.8 Å². The second-order valence-corrected chi connectivity index (χ2v) is 5.70. The quantitative estimate of drug-likeness (QED) is 0.778. The molecule has 1 aliphatic heterocycles. The van der Waals surface area contributed by atoms with Gasteiger partial charge in [0.05, 0.1) is 23.8 Å². The van der Waals surface area contributed by atoms with Gasteiger partial charge in [0, 0.05) is 19.8 Å². The van der Waals surface area contributed by atoms with Gasteiger partial charge >= 0.3 is 18.2 Å². The van der Waals surface area contributed by atoms with Crippen LogP contribution in [0.5, 0.6) is 0 Å². The van der Waals surface area contributed by atoms with E-state index in [-0.39, 0.29) is 17.7 Å². The largest absolute Gasteiger partial charge is 0.463 e. The molecule has 0 saturated heterocycles. The highest BCUT2D eigenvalue weighted by atomic mass is 19.4. The van der Waals surface area contributed by atoms with Crippen molar-refractivity contribution in [2.45, 2.75) is 26.1 Å². The molecule has 1 atom stereocenters. The van der Waals surface area contributed by atoms with Crippen LogP contribution in [0.4, 0.5) is 18.0 Å². The van der Waals surface area contributed by atoms with Crippen LogP contribution in [0.2, 0.25) is 0 Å². The molecule has 1 aromatic rings. The fraction of sp³-hybridized carbons (Fsp3) is 0.412. The number of hydrogen-bond acceptors (Lipinski definition) is 3. The zero-order chi connectivity index (χ0) is 18.9. The molecule has 0 radical (unpaired) electrons. The summed E-state index contributed by atoms with van der Waals surface area (Å²) in [5.41, 5.74) is -0.151. The van der Waals surface area contributed by atoms with Gasteiger partial charge in [-0.1, -0.05) is 12.1 Å². The summed E-state index contributed by atoms with van der Waals surface area (Å²) in [6.45, 7) is 3.32. The highest BCUT2D eigenvalue weighted by Crippen LogP contribution is 2.38. The van der Waals surface area contributed by atoms with Crippen molar-refractivity contribution >= 4 is 12.0 Å². The SMILES string of the molecule is CCOC(=O)C1=C(C)N(C)C(=O)N(C)[C@@H]1c1cccc(C(F)(F)F)c1. The van der Waals surface area contributed by atoms with Gasteiger partial charge in [-0.25, -0.2) is 9.59 Å². The van der Waals surface area contributed by atoms with Gasteiger partial charge in [-0.3, -0.25) is 0 Å². The number of allylic oxidation sites excluding steroid dienone is 1. The molecule has 0 bridgehead atoms. The predicted molar refractivity (Wildman–Crippen MR) is 84.4 cm³/mol. The van der Waals surface area contributed by atoms with Gasteiger partial charge in [-0.15, -0.1) is 0 Å². The van der Waals surface area contributed by atoms with Crippen LogP contribution < -0.4 is 0 Å². The van der Waals surface area contributed by atoms with Crippen molar-refractivity contribution in [3.8, 4) is 0 Å². The van der Waals surface area contributed by atoms with Crippen molar-refractivity contribution in [1.29, 1.82) is 0 Å². The molecule has 0 saturated carbocycles. The Bertz CT molecular complexity index is 728. The van der Waals surface area contributed by atoms with Gasteiger partial charge in [-0.2, -0.15) is 13.2 Å². The Kier molecular flexibility index (Phi) is 5.10. The van der Waals surface area contributed by atoms with Crippen LogP contribution in [-0.2, 0) is 15.7 Å². The number of nitrogens with zero attached hydrogens (tertiary/aromatic N) is 2. The lowest BCUT2D eigenvalue weighted by atomic mass is 9.92. The Labute approximate surface area is 143 Å². The van der Waals surface area contributed by atoms with Crippen LogP contribution in [0.25, 0.3) is 0 Å². The summed E-state index contributed by atoms with van der Waals surface area (Å²) in [5.74, 6) is -0.659. The van der Waals surface area contributed by atoms with Crippen LogP contribution in [0.1, 0.15) is 31.0 Å². The molecule has 1 heterocycles. The van der Waals surface area contributed by atoms with Crippen molar-refractivity contribution in [3.63, 3.8) is 0 Å². The normalized spacial score (nSPS) is 18.7. The Balaban J connectivity index is 2.63. The molecule has 8 heteroatoms. The minimum atomic E-state index is -4.52. The summed E-state index contributed by atoms with van der Waals surface area (Å²) in [5, 5.41) is 0. The molecule has 0 unspecified atom stereocenters. The molecule has 0 N–H and O–H groups in total. The van der Waals surface area contributed by atoms with Crippen molar-refractivity contribution in [2.24, 2.45) is 0 Å². The lowest BCUT2D eigenvalue weighted by molar-refractivity contribution is -0.139. The number of ether oxygens (including phenoxy) is 1. The van der Waals surface area contributed by atoms with Gasteiger partial charge in [0.25, 0.3) is 0 Å². The van der Waals surface area contributed by atoms with Crippen LogP contribution in [0, 0.1) is 0 Å². The maximum absolute atomic E-state index is 13.0. The summed E-state index contributed by atoms with van der Waals surface area (Å²) in [6, 6.07) is 3.24. The van der Waals surface area contributed by atoms with E-state index in [0.717, 1.165) is 12.1 Å². The van der Waals surface area contributed by atoms with E-state index in [0.29, 0.717) is 5.70 Å². The highest BCUT2D eigenvalue weighted by Gasteiger charge is 2.40. The molecule has 2 rings (SSSR count). The van der Waals surface area contributed by atoms with E-state index in [1.54, 1.807) is 13.8 Å². The van der Waals surface area contributed by atoms with Gasteiger partial charge in [0.2, 0.25) is 0 Å². The summed E-state index contributed by atoms with van der Waals surface area (Å²) in [7, 11) is 2.94. The van der Waals surface area contributed by atoms with Crippen LogP contribution >= 0.6 is 0 Å². The topological polar surface area (TPSA) is 49.9 Å². The first-order chi connectivity index (χ1) is 11.6. The van der Waals surface area contributed by atoms with Gasteiger partial charge < -0.3 is 14.5 Å². The smallest absolute Gasteiger partial charge is 0.416 e. The lowest BCUT2D eigenvalue weighted by Crippen LogP contribution is -2.47. The summed E-state index contributed by atoms with van der Waals surface area (Å²) >= 11 is 0. The number of carbonyl (C=O) groups excluding carboxylic acids is 2. The van der Waals surface area contributed by atoms with E-state index in [2.05, 4.69) is 0 Å². The van der Waals surface area contributed by atoms with E-state index < -0.39 is 29.8 Å². The molecule has 136 valence electrons. The average molecular weight is 356 g/mol. The van der Waals surface area contributed by atoms with Gasteiger partial charge in [0.15, 0.2) is 0 Å². The molecular formula is C17H19F3N2O3. The number of urea groups is 1. The van der Waals surface area contributed by atoms with E-state index in [1.807, 2.05) is 0 Å². The maximum Gasteiger partial charge on any atom is 0.416 e. The molecule has 0 fully saturated rings. The number of esters is 1. The number of carbonyl (C=O) groups is 2. The molecule has 1 aliphatic rings. The average Bonchev–Trinajstić information content (AvgIpc) is 2.55. The van der Waals surface area contributed by atoms with Crippen LogP contribution in [0.15, 0.2) is 35.5 Å². The van der Waals surface area contributed by atoms with E-state index in [4.69, 9.17) is 4.74 Å². The molecule has 0 aromatic heterocycles. The zero-order valence-corrected chi connectivity index (χ0v) is 14.3. The lowest BCUT2D eigenvalue weighted by Gasteiger charge is -2.39. The zero-order valence-electron chi connectivity index (χ0n) is 14.3. The predicted octanol–water partition coefficient (Wildman–Crippen LogP) is 3.58. The number of likely N-dealkylation sites (N-methyl/N-ethyl adjacent to an activating group) is 1. The molecule has 0 aliphatic carbocycles. The molecule has 5 nitrogen and oxygen atoms in total. The Hall–Kier alpha value is -2.51. The van der Waals surface area contributed by atoms with Crippen LogP contribution in [0.3, 0.4) is 0 Å². The first-order valence-electron chi connectivity index (χ1n) is 7.65. The summed E-state index contributed by atoms with van der Waals surface area (Å²) in [4.78, 5) is 27.3. The molecule has 25 heavy (non-hydrogen) atoms. The third-order valence-electron chi connectivity index (χ3n) is 4.17. The van der Waals surface area contributed by atoms with Crippen molar-refractivity contribution < 1.29 is 27.5 Å². The summed E-state index contributed by atoms with van der Waals surface area (Å²) in [6.07, 6.45) is -4.52. The summed E-state index contributed by atoms with van der Waals surface area (Å²) < 4.78 is 44.1. The molecule has 1 aromatic carbocycles. The van der Waals surface area contributed by atoms with Crippen LogP contribution in [-0.4, -0.2) is 42.5 Å². The third-order valence-corrected chi connectivity index (χ3v) is 4.17.